The number of amides is 2. The van der Waals surface area contributed by atoms with E-state index in [4.69, 9.17) is 0 Å². The number of imide groups is 1. The van der Waals surface area contributed by atoms with E-state index in [1.807, 2.05) is 19.0 Å². The molecule has 9 heteroatoms. The van der Waals surface area contributed by atoms with Crippen molar-refractivity contribution < 1.29 is 18.8 Å². The van der Waals surface area contributed by atoms with Crippen LogP contribution in [0.3, 0.4) is 0 Å². The Morgan fingerprint density at radius 1 is 0.861 bits per heavy atom. The van der Waals surface area contributed by atoms with Crippen LogP contribution >= 0.6 is 0 Å². The van der Waals surface area contributed by atoms with Crippen molar-refractivity contribution in [3.63, 3.8) is 0 Å². The minimum atomic E-state index is -0.567. The first-order valence-electron chi connectivity index (χ1n) is 11.3. The fourth-order valence-corrected chi connectivity index (χ4v) is 4.27. The van der Waals surface area contributed by atoms with E-state index in [1.54, 1.807) is 59.2 Å². The molecule has 0 radical (unpaired) electrons. The standard InChI is InChI=1S/C27H22FN5O3/c1-31(2)15-23-29-30-24(16-32-26(35)19-10-6-7-11-20(19)27(32)36)33(23)22-13-12-18(28)14-21(22)25(34)17-8-4-3-5-9-17/h3-14H,15-16H2,1-2H3. The first kappa shape index (κ1) is 23.3. The van der Waals surface area contributed by atoms with Gasteiger partial charge in [-0.2, -0.15) is 0 Å². The SMILES string of the molecule is CN(C)Cc1nnc(CN2C(=O)c3ccccc3C2=O)n1-c1ccc(F)cc1C(=O)c1ccccc1. The molecule has 180 valence electrons. The van der Waals surface area contributed by atoms with Crippen LogP contribution in [-0.2, 0) is 13.1 Å². The zero-order valence-corrected chi connectivity index (χ0v) is 19.7. The Labute approximate surface area is 206 Å². The van der Waals surface area contributed by atoms with Gasteiger partial charge in [-0.15, -0.1) is 10.2 Å². The minimum Gasteiger partial charge on any atom is -0.302 e. The normalized spacial score (nSPS) is 12.9. The van der Waals surface area contributed by atoms with Crippen molar-refractivity contribution in [3.05, 3.63) is 113 Å². The second-order valence-electron chi connectivity index (χ2n) is 8.70. The summed E-state index contributed by atoms with van der Waals surface area (Å²) in [6.07, 6.45) is 0. The van der Waals surface area contributed by atoms with Crippen molar-refractivity contribution in [3.8, 4) is 5.69 Å². The van der Waals surface area contributed by atoms with Crippen molar-refractivity contribution in [1.82, 2.24) is 24.6 Å². The third kappa shape index (κ3) is 4.09. The van der Waals surface area contributed by atoms with Crippen LogP contribution in [0.25, 0.3) is 5.69 Å². The lowest BCUT2D eigenvalue weighted by molar-refractivity contribution is 0.0637. The number of halogens is 1. The summed E-state index contributed by atoms with van der Waals surface area (Å²) >= 11 is 0. The molecule has 0 N–H and O–H groups in total. The molecule has 0 aliphatic carbocycles. The number of carbonyl (C=O) groups is 3. The first-order chi connectivity index (χ1) is 17.3. The summed E-state index contributed by atoms with van der Waals surface area (Å²) in [6, 6.07) is 19.1. The van der Waals surface area contributed by atoms with Gasteiger partial charge in [0, 0.05) is 11.1 Å². The van der Waals surface area contributed by atoms with Gasteiger partial charge in [-0.05, 0) is 44.4 Å². The maximum absolute atomic E-state index is 14.4. The van der Waals surface area contributed by atoms with Gasteiger partial charge in [-0.3, -0.25) is 23.9 Å². The molecule has 4 aromatic rings. The summed E-state index contributed by atoms with van der Waals surface area (Å²) in [5, 5.41) is 8.56. The van der Waals surface area contributed by atoms with Gasteiger partial charge in [0.2, 0.25) is 0 Å². The molecule has 0 bridgehead atoms. The van der Waals surface area contributed by atoms with Crippen LogP contribution in [0.5, 0.6) is 0 Å². The van der Waals surface area contributed by atoms with Gasteiger partial charge in [-0.25, -0.2) is 4.39 Å². The molecule has 1 aromatic heterocycles. The lowest BCUT2D eigenvalue weighted by atomic mass is 10.0. The highest BCUT2D eigenvalue weighted by Gasteiger charge is 2.36. The molecular weight excluding hydrogens is 461 g/mol. The molecule has 0 saturated carbocycles. The fourth-order valence-electron chi connectivity index (χ4n) is 4.27. The summed E-state index contributed by atoms with van der Waals surface area (Å²) < 4.78 is 16.0. The summed E-state index contributed by atoms with van der Waals surface area (Å²) in [5.74, 6) is -1.06. The molecule has 36 heavy (non-hydrogen) atoms. The minimum absolute atomic E-state index is 0.115. The second kappa shape index (κ2) is 9.27. The van der Waals surface area contributed by atoms with Crippen LogP contribution in [0.15, 0.2) is 72.8 Å². The Morgan fingerprint density at radius 2 is 1.47 bits per heavy atom. The number of carbonyl (C=O) groups excluding carboxylic acids is 3. The summed E-state index contributed by atoms with van der Waals surface area (Å²) in [5.41, 5.74) is 1.52. The molecule has 0 fully saturated rings. The van der Waals surface area contributed by atoms with Crippen molar-refractivity contribution >= 4 is 17.6 Å². The first-order valence-corrected chi connectivity index (χ1v) is 11.3. The molecule has 5 rings (SSSR count). The molecule has 1 aliphatic rings. The third-order valence-electron chi connectivity index (χ3n) is 5.91. The van der Waals surface area contributed by atoms with E-state index in [2.05, 4.69) is 10.2 Å². The Balaban J connectivity index is 1.62. The van der Waals surface area contributed by atoms with Crippen LogP contribution in [0, 0.1) is 5.82 Å². The highest BCUT2D eigenvalue weighted by molar-refractivity contribution is 6.21. The monoisotopic (exact) mass is 483 g/mol. The van der Waals surface area contributed by atoms with Crippen LogP contribution in [-0.4, -0.2) is 56.3 Å². The summed E-state index contributed by atoms with van der Waals surface area (Å²) in [7, 11) is 3.70. The third-order valence-corrected chi connectivity index (χ3v) is 5.91. The van der Waals surface area contributed by atoms with E-state index in [1.165, 1.54) is 18.2 Å². The van der Waals surface area contributed by atoms with Crippen molar-refractivity contribution in [2.75, 3.05) is 14.1 Å². The quantitative estimate of drug-likeness (QED) is 0.295. The Kier molecular flexibility index (Phi) is 5.99. The number of rotatable bonds is 7. The lowest BCUT2D eigenvalue weighted by Gasteiger charge is -2.19. The number of benzene rings is 3. The highest BCUT2D eigenvalue weighted by atomic mass is 19.1. The van der Waals surface area contributed by atoms with Gasteiger partial charge >= 0.3 is 0 Å². The van der Waals surface area contributed by atoms with Gasteiger partial charge in [-0.1, -0.05) is 42.5 Å². The predicted molar refractivity (Wildman–Crippen MR) is 129 cm³/mol. The molecule has 1 aliphatic heterocycles. The number of hydrogen-bond donors (Lipinski definition) is 0. The summed E-state index contributed by atoms with van der Waals surface area (Å²) in [4.78, 5) is 42.3. The van der Waals surface area contributed by atoms with Gasteiger partial charge in [0.25, 0.3) is 11.8 Å². The number of aromatic nitrogens is 3. The second-order valence-corrected chi connectivity index (χ2v) is 8.70. The number of nitrogens with zero attached hydrogens (tertiary/aromatic N) is 5. The molecule has 3 aromatic carbocycles. The summed E-state index contributed by atoms with van der Waals surface area (Å²) in [6.45, 7) is 0.189. The number of hydrogen-bond acceptors (Lipinski definition) is 6. The van der Waals surface area contributed by atoms with Crippen LogP contribution in [0.1, 0.15) is 48.3 Å². The average molecular weight is 484 g/mol. The number of fused-ring (bicyclic) bond motifs is 1. The largest absolute Gasteiger partial charge is 0.302 e. The lowest BCUT2D eigenvalue weighted by Crippen LogP contribution is -2.31. The maximum Gasteiger partial charge on any atom is 0.261 e. The van der Waals surface area contributed by atoms with Crippen molar-refractivity contribution in [1.29, 1.82) is 0 Å². The van der Waals surface area contributed by atoms with Crippen molar-refractivity contribution in [2.24, 2.45) is 0 Å². The van der Waals surface area contributed by atoms with Crippen LogP contribution in [0.2, 0.25) is 0 Å². The predicted octanol–water partition coefficient (Wildman–Crippen LogP) is 3.50. The highest BCUT2D eigenvalue weighted by Crippen LogP contribution is 2.27. The number of ketones is 1. The molecule has 0 unspecified atom stereocenters. The van der Waals surface area contributed by atoms with E-state index >= 15 is 0 Å². The van der Waals surface area contributed by atoms with E-state index < -0.39 is 17.6 Å². The Hall–Kier alpha value is -4.50. The van der Waals surface area contributed by atoms with E-state index in [-0.39, 0.29) is 23.7 Å². The molecule has 2 amide bonds. The fraction of sp³-hybridized carbons (Fsp3) is 0.148. The zero-order valence-electron chi connectivity index (χ0n) is 19.7. The van der Waals surface area contributed by atoms with Gasteiger partial charge in [0.1, 0.15) is 5.82 Å². The van der Waals surface area contributed by atoms with Gasteiger partial charge < -0.3 is 4.90 Å². The molecule has 0 atom stereocenters. The van der Waals surface area contributed by atoms with Gasteiger partial charge in [0.05, 0.1) is 29.9 Å². The average Bonchev–Trinajstić information content (AvgIpc) is 3.37. The van der Waals surface area contributed by atoms with Gasteiger partial charge in [0.15, 0.2) is 17.4 Å². The molecule has 2 heterocycles. The smallest absolute Gasteiger partial charge is 0.261 e. The van der Waals surface area contributed by atoms with E-state index in [9.17, 15) is 18.8 Å². The molecular formula is C27H22FN5O3. The van der Waals surface area contributed by atoms with E-state index in [0.717, 1.165) is 4.90 Å². The van der Waals surface area contributed by atoms with E-state index in [0.29, 0.717) is 34.7 Å². The zero-order chi connectivity index (χ0) is 25.4. The maximum atomic E-state index is 14.4. The Bertz CT molecular complexity index is 1460. The Morgan fingerprint density at radius 3 is 2.11 bits per heavy atom. The molecule has 0 spiro atoms. The van der Waals surface area contributed by atoms with Crippen molar-refractivity contribution in [2.45, 2.75) is 13.1 Å². The molecule has 8 nitrogen and oxygen atoms in total. The van der Waals surface area contributed by atoms with Crippen LogP contribution in [0.4, 0.5) is 4.39 Å². The topological polar surface area (TPSA) is 88.4 Å². The molecule has 0 saturated heterocycles. The van der Waals surface area contributed by atoms with Crippen LogP contribution < -0.4 is 0 Å².